The van der Waals surface area contributed by atoms with Crippen molar-refractivity contribution in [2.24, 2.45) is 10.7 Å². The molecular weight excluding hydrogens is 1030 g/mol. The van der Waals surface area contributed by atoms with Crippen LogP contribution in [0.3, 0.4) is 0 Å². The van der Waals surface area contributed by atoms with Gasteiger partial charge >= 0.3 is 138 Å². The molecule has 316 valence electrons. The number of hydrogen-bond donors (Lipinski definition) is 2. The van der Waals surface area contributed by atoms with E-state index >= 15 is 4.39 Å². The smallest absolute Gasteiger partial charge is 1.00 e. The predicted molar refractivity (Wildman–Crippen MR) is 226 cm³/mol. The monoisotopic (exact) mass is 1090 g/mol. The first-order chi connectivity index (χ1) is 25.9. The number of nitrogens with one attached hydrogen (secondary N) is 1. The molecule has 0 spiro atoms. The maximum atomic E-state index is 15.2. The van der Waals surface area contributed by atoms with Gasteiger partial charge in [-0.05, 0) is 124 Å². The van der Waals surface area contributed by atoms with Crippen molar-refractivity contribution in [3.05, 3.63) is 81.7 Å². The second-order valence-electron chi connectivity index (χ2n) is 13.3. The molecule has 11 nitrogen and oxygen atoms in total. The number of nitrogens with zero attached hydrogens (tertiary/aromatic N) is 2. The van der Waals surface area contributed by atoms with Crippen molar-refractivity contribution in [1.82, 2.24) is 4.98 Å². The molecule has 16 heteroatoms. The molecule has 0 unspecified atom stereocenters. The Morgan fingerprint density at radius 1 is 0.914 bits per heavy atom. The van der Waals surface area contributed by atoms with Crippen molar-refractivity contribution in [2.75, 3.05) is 31.7 Å². The van der Waals surface area contributed by atoms with Crippen LogP contribution in [0.4, 0.5) is 10.1 Å². The number of hydrogen-bond acceptors (Lipinski definition) is 11. The molecule has 3 N–H and O–H groups in total. The van der Waals surface area contributed by atoms with Crippen molar-refractivity contribution < 1.29 is 177 Å². The van der Waals surface area contributed by atoms with E-state index in [9.17, 15) is 0 Å². The fraction of sp³-hybridized carbons (Fsp3) is 0.500. The standard InChI is InChI=1S/C20H26ClFN2O2.C13H23NO2.C7H8ClN.CH2O3.CH4.2Cs.H/c1-6-25-19(26-7-2)16-12-15(24-20(3,4)5)17(22)18(23-16)13-8-10-14(21)11-9-13;1-7-15-12(16-8-2)10-9-11(3)14-13(4,5)6;8-7-3-1-6(5-9)2-4-7;2-1-4-3;;;;/h8-12,19H,6-7H2,1-5H3,(H,23,24);12H,7-8H2,1-6H3;1-4H,5,9H2;1,3H;1H4;;;/q;;;;;2*+1;-1/p-1. The first kappa shape index (κ1) is 65.1. The molecule has 0 amide bonds. The first-order valence-corrected chi connectivity index (χ1v) is 18.6. The third kappa shape index (κ3) is 31.3. The number of halogens is 3. The van der Waals surface area contributed by atoms with Crippen molar-refractivity contribution in [2.45, 2.75) is 114 Å². The quantitative estimate of drug-likeness (QED) is 0.0652. The summed E-state index contributed by atoms with van der Waals surface area (Å²) in [6, 6.07) is 16.1. The van der Waals surface area contributed by atoms with E-state index in [0.29, 0.717) is 54.9 Å². The Bertz CT molecular complexity index is 1610. The van der Waals surface area contributed by atoms with Crippen LogP contribution in [0, 0.1) is 17.7 Å². The summed E-state index contributed by atoms with van der Waals surface area (Å²) in [4.78, 5) is 20.2. The number of aromatic nitrogens is 1. The summed E-state index contributed by atoms with van der Waals surface area (Å²) >= 11 is 11.6. The van der Waals surface area contributed by atoms with E-state index in [1.807, 2.05) is 100 Å². The molecule has 0 fully saturated rings. The molecule has 58 heavy (non-hydrogen) atoms. The maximum absolute atomic E-state index is 15.2. The SMILES string of the molecule is C.CCOC(C#CC(C)=NC(C)(C)C)OCC.CCOC(OCC)c1cc(NC(C)(C)C)c(F)c(-c2ccc(Cl)cc2)n1.NCc1ccc(Cl)cc1.O=CO[O-].[Cs+].[Cs+].[H-]. The molecule has 0 atom stereocenters. The molecule has 1 aromatic heterocycles. The van der Waals surface area contributed by atoms with Crippen LogP contribution < -0.4 is 154 Å². The Labute approximate surface area is 476 Å². The summed E-state index contributed by atoms with van der Waals surface area (Å²) in [5.74, 6) is 5.46. The van der Waals surface area contributed by atoms with Gasteiger partial charge in [0.1, 0.15) is 5.69 Å². The van der Waals surface area contributed by atoms with Gasteiger partial charge in [0, 0.05) is 54.1 Å². The third-order valence-electron chi connectivity index (χ3n) is 6.18. The molecular formula is C42H63Cl2Cs2FN4O7. The molecule has 0 aliphatic rings. The fourth-order valence-electron chi connectivity index (χ4n) is 4.23. The van der Waals surface area contributed by atoms with Gasteiger partial charge in [0.2, 0.25) is 12.6 Å². The number of anilines is 1. The van der Waals surface area contributed by atoms with Gasteiger partial charge in [-0.25, -0.2) is 9.37 Å². The number of benzene rings is 2. The van der Waals surface area contributed by atoms with Crippen LogP contribution in [0.5, 0.6) is 0 Å². The average Bonchev–Trinajstić information content (AvgIpc) is 3.12. The van der Waals surface area contributed by atoms with Crippen LogP contribution in [-0.2, 0) is 35.2 Å². The summed E-state index contributed by atoms with van der Waals surface area (Å²) < 4.78 is 37.1. The van der Waals surface area contributed by atoms with E-state index in [2.05, 4.69) is 32.0 Å². The Balaban J connectivity index is -0.000000252. The number of rotatable bonds is 13. The van der Waals surface area contributed by atoms with Crippen LogP contribution in [0.2, 0.25) is 10.0 Å². The molecule has 3 aromatic rings. The number of carbonyl (C=O) groups excluding carboxylic acids is 1. The van der Waals surface area contributed by atoms with Crippen LogP contribution >= 0.6 is 23.2 Å². The Kier molecular flexibility index (Phi) is 41.4. The van der Waals surface area contributed by atoms with Gasteiger partial charge < -0.3 is 41.6 Å². The van der Waals surface area contributed by atoms with E-state index in [0.717, 1.165) is 16.3 Å². The topological polar surface area (TPSA) is 150 Å². The molecule has 0 bridgehead atoms. The third-order valence-corrected chi connectivity index (χ3v) is 6.68. The van der Waals surface area contributed by atoms with Gasteiger partial charge in [-0.15, -0.1) is 0 Å². The zero-order valence-electron chi connectivity index (χ0n) is 36.9. The molecule has 0 radical (unpaired) electrons. The first-order valence-electron chi connectivity index (χ1n) is 17.8. The summed E-state index contributed by atoms with van der Waals surface area (Å²) in [6.07, 6.45) is -1.10. The van der Waals surface area contributed by atoms with Crippen molar-refractivity contribution in [1.29, 1.82) is 0 Å². The average molecular weight is 1090 g/mol. The Morgan fingerprint density at radius 2 is 1.36 bits per heavy atom. The van der Waals surface area contributed by atoms with Crippen molar-refractivity contribution >= 4 is 41.1 Å². The van der Waals surface area contributed by atoms with Gasteiger partial charge in [-0.2, -0.15) is 0 Å². The normalized spacial score (nSPS) is 10.6. The zero-order chi connectivity index (χ0) is 42.0. The van der Waals surface area contributed by atoms with E-state index < -0.39 is 18.4 Å². The predicted octanol–water partition coefficient (Wildman–Crippen LogP) is 3.46. The van der Waals surface area contributed by atoms with E-state index in [1.165, 1.54) is 0 Å². The Hall–Kier alpha value is 0.464. The number of aliphatic imine (C=N–C) groups is 1. The fourth-order valence-corrected chi connectivity index (χ4v) is 4.49. The minimum Gasteiger partial charge on any atom is -1.00 e. The molecule has 1 heterocycles. The van der Waals surface area contributed by atoms with E-state index in [-0.39, 0.29) is 170 Å². The zero-order valence-corrected chi connectivity index (χ0v) is 50.0. The second-order valence-corrected chi connectivity index (χ2v) is 14.2. The van der Waals surface area contributed by atoms with Gasteiger partial charge in [0.05, 0.1) is 22.6 Å². The van der Waals surface area contributed by atoms with Crippen LogP contribution in [0.1, 0.15) is 103 Å². The summed E-state index contributed by atoms with van der Waals surface area (Å²) in [5, 5.41) is 13.0. The van der Waals surface area contributed by atoms with Gasteiger partial charge in [0.25, 0.3) is 6.47 Å². The van der Waals surface area contributed by atoms with Crippen LogP contribution in [0.15, 0.2) is 59.6 Å². The number of pyridine rings is 1. The van der Waals surface area contributed by atoms with Crippen molar-refractivity contribution in [3.63, 3.8) is 0 Å². The van der Waals surface area contributed by atoms with Gasteiger partial charge in [-0.3, -0.25) is 9.79 Å². The number of ether oxygens (including phenoxy) is 4. The van der Waals surface area contributed by atoms with E-state index in [1.54, 1.807) is 30.3 Å². The molecule has 3 rings (SSSR count). The van der Waals surface area contributed by atoms with Crippen LogP contribution in [-0.4, -0.2) is 61.0 Å². The van der Waals surface area contributed by atoms with Crippen molar-refractivity contribution in [3.8, 4) is 23.1 Å². The second kappa shape index (κ2) is 36.9. The minimum absolute atomic E-state index is 0. The van der Waals surface area contributed by atoms with Crippen LogP contribution in [0.25, 0.3) is 11.3 Å². The number of nitrogens with two attached hydrogens (primary N) is 1. The largest absolute Gasteiger partial charge is 1.00 e. The summed E-state index contributed by atoms with van der Waals surface area (Å²) in [6.45, 7) is 24.0. The molecule has 0 aliphatic heterocycles. The summed E-state index contributed by atoms with van der Waals surface area (Å²) in [7, 11) is 0. The number of carbonyl (C=O) groups is 1. The molecule has 2 aromatic carbocycles. The molecule has 0 saturated heterocycles. The van der Waals surface area contributed by atoms with Gasteiger partial charge in [0.15, 0.2) is 5.82 Å². The van der Waals surface area contributed by atoms with Gasteiger partial charge in [-0.1, -0.05) is 54.9 Å². The molecule has 0 saturated carbocycles. The molecule has 0 aliphatic carbocycles. The Morgan fingerprint density at radius 3 is 1.74 bits per heavy atom. The maximum Gasteiger partial charge on any atom is 1.00 e. The summed E-state index contributed by atoms with van der Waals surface area (Å²) in [5.41, 5.74) is 8.61. The minimum atomic E-state index is -0.655. The van der Waals surface area contributed by atoms with E-state index in [4.69, 9.17) is 57.9 Å².